The van der Waals surface area contributed by atoms with Crippen molar-refractivity contribution in [3.63, 3.8) is 0 Å². The second-order valence-electron chi connectivity index (χ2n) is 9.32. The van der Waals surface area contributed by atoms with Gasteiger partial charge >= 0.3 is 0 Å². The Hall–Kier alpha value is -1.06. The summed E-state index contributed by atoms with van der Waals surface area (Å²) in [5, 5.41) is 10.5. The lowest BCUT2D eigenvalue weighted by Gasteiger charge is -2.50. The molecule has 1 N–H and O–H groups in total. The molecule has 0 bridgehead atoms. The molecule has 1 aromatic carbocycles. The summed E-state index contributed by atoms with van der Waals surface area (Å²) >= 11 is 0. The second kappa shape index (κ2) is 7.75. The largest absolute Gasteiger partial charge is 0.465 e. The third kappa shape index (κ3) is 3.53. The fraction of sp³-hybridized carbons (Fsp3) is 0.750. The number of aryl methyl sites for hydroxylation is 1. The Bertz CT molecular complexity index is 657. The van der Waals surface area contributed by atoms with Gasteiger partial charge in [0.15, 0.2) is 6.29 Å². The lowest BCUT2D eigenvalue weighted by Crippen LogP contribution is -2.43. The molecule has 0 amide bonds. The maximum atomic E-state index is 10.5. The molecule has 3 aliphatic rings. The second-order valence-corrected chi connectivity index (χ2v) is 9.32. The minimum Gasteiger partial charge on any atom is -0.465 e. The van der Waals surface area contributed by atoms with Crippen LogP contribution in [0.25, 0.3) is 0 Å². The molecule has 0 aromatic heterocycles. The van der Waals surface area contributed by atoms with Crippen molar-refractivity contribution in [2.75, 3.05) is 6.61 Å². The van der Waals surface area contributed by atoms with Crippen LogP contribution >= 0.6 is 0 Å². The molecule has 4 rings (SSSR count). The van der Waals surface area contributed by atoms with E-state index in [1.165, 1.54) is 31.2 Å². The van der Waals surface area contributed by atoms with Crippen molar-refractivity contribution in [2.45, 2.75) is 90.4 Å². The Labute approximate surface area is 164 Å². The first-order chi connectivity index (χ1) is 13.0. The molecule has 0 spiro atoms. The van der Waals surface area contributed by atoms with Gasteiger partial charge in [-0.25, -0.2) is 0 Å². The first-order valence-corrected chi connectivity index (χ1v) is 11.1. The van der Waals surface area contributed by atoms with Crippen molar-refractivity contribution in [3.8, 4) is 5.75 Å². The number of fused-ring (bicyclic) bond motifs is 5. The molecule has 0 aliphatic heterocycles. The fourth-order valence-electron chi connectivity index (χ4n) is 6.22. The van der Waals surface area contributed by atoms with Crippen molar-refractivity contribution in [1.82, 2.24) is 0 Å². The number of rotatable bonds is 6. The molecule has 3 heteroatoms. The molecule has 27 heavy (non-hydrogen) atoms. The quantitative estimate of drug-likeness (QED) is 0.533. The van der Waals surface area contributed by atoms with E-state index in [0.717, 1.165) is 44.0 Å². The highest BCUT2D eigenvalue weighted by molar-refractivity contribution is 5.40. The number of hydrogen-bond acceptors (Lipinski definition) is 3. The van der Waals surface area contributed by atoms with Crippen molar-refractivity contribution >= 4 is 0 Å². The fourth-order valence-corrected chi connectivity index (χ4v) is 6.22. The number of benzene rings is 1. The molecule has 150 valence electrons. The van der Waals surface area contributed by atoms with Crippen LogP contribution in [-0.4, -0.2) is 24.1 Å². The Morgan fingerprint density at radius 3 is 2.89 bits per heavy atom. The van der Waals surface area contributed by atoms with E-state index in [1.807, 2.05) is 6.92 Å². The Morgan fingerprint density at radius 2 is 2.07 bits per heavy atom. The van der Waals surface area contributed by atoms with E-state index in [2.05, 4.69) is 32.0 Å². The van der Waals surface area contributed by atoms with E-state index in [1.54, 1.807) is 5.56 Å². The lowest BCUT2D eigenvalue weighted by molar-refractivity contribution is -0.0674. The highest BCUT2D eigenvalue weighted by Gasteiger charge is 2.54. The predicted molar refractivity (Wildman–Crippen MR) is 108 cm³/mol. The van der Waals surface area contributed by atoms with Gasteiger partial charge in [-0.1, -0.05) is 26.3 Å². The summed E-state index contributed by atoms with van der Waals surface area (Å²) in [5.74, 6) is 3.05. The van der Waals surface area contributed by atoms with Gasteiger partial charge in [-0.3, -0.25) is 0 Å². The normalized spacial score (nSPS) is 35.9. The van der Waals surface area contributed by atoms with Crippen LogP contribution in [-0.2, 0) is 11.2 Å². The van der Waals surface area contributed by atoms with Crippen LogP contribution in [0.15, 0.2) is 18.2 Å². The molecule has 1 aromatic rings. The monoisotopic (exact) mass is 372 g/mol. The number of unbranched alkanes of at least 4 members (excludes halogenated alkanes) is 1. The molecule has 0 radical (unpaired) electrons. The van der Waals surface area contributed by atoms with E-state index in [-0.39, 0.29) is 17.8 Å². The van der Waals surface area contributed by atoms with Gasteiger partial charge < -0.3 is 14.6 Å². The molecule has 2 saturated carbocycles. The van der Waals surface area contributed by atoms with Gasteiger partial charge in [0.2, 0.25) is 0 Å². The van der Waals surface area contributed by atoms with Crippen LogP contribution in [0.1, 0.15) is 82.8 Å². The highest BCUT2D eigenvalue weighted by atomic mass is 16.7. The summed E-state index contributed by atoms with van der Waals surface area (Å²) in [6.45, 7) is 7.26. The van der Waals surface area contributed by atoms with E-state index in [4.69, 9.17) is 9.47 Å². The van der Waals surface area contributed by atoms with Gasteiger partial charge in [-0.2, -0.15) is 0 Å². The average molecular weight is 373 g/mol. The Morgan fingerprint density at radius 1 is 1.22 bits per heavy atom. The molecule has 3 nitrogen and oxygen atoms in total. The molecular weight excluding hydrogens is 336 g/mol. The van der Waals surface area contributed by atoms with E-state index in [0.29, 0.717) is 11.8 Å². The average Bonchev–Trinajstić information content (AvgIpc) is 2.96. The van der Waals surface area contributed by atoms with Crippen molar-refractivity contribution in [2.24, 2.45) is 17.3 Å². The summed E-state index contributed by atoms with van der Waals surface area (Å²) < 4.78 is 11.7. The van der Waals surface area contributed by atoms with E-state index < -0.39 is 0 Å². The number of hydrogen-bond donors (Lipinski definition) is 1. The SMILES string of the molecule is CCCCOC(C)Oc1ccc2c(c1)CCC1C2CCC2(C)C(O)CCC12. The van der Waals surface area contributed by atoms with Crippen molar-refractivity contribution < 1.29 is 14.6 Å². The van der Waals surface area contributed by atoms with Crippen LogP contribution in [0.3, 0.4) is 0 Å². The molecular formula is C24H36O3. The Balaban J connectivity index is 1.46. The lowest BCUT2D eigenvalue weighted by atomic mass is 9.55. The maximum Gasteiger partial charge on any atom is 0.196 e. The standard InChI is InChI=1S/C24H36O3/c1-4-5-14-26-16(2)27-18-7-9-19-17(15-18)6-8-21-20(19)12-13-24(3)22(21)10-11-23(24)25/h7,9,15-16,20-23,25H,4-6,8,10-14H2,1-3H3. The zero-order valence-electron chi connectivity index (χ0n) is 17.2. The first kappa shape index (κ1) is 19.3. The van der Waals surface area contributed by atoms with Crippen LogP contribution in [0.2, 0.25) is 0 Å². The smallest absolute Gasteiger partial charge is 0.196 e. The highest BCUT2D eigenvalue weighted by Crippen LogP contribution is 2.60. The van der Waals surface area contributed by atoms with Gasteiger partial charge in [-0.15, -0.1) is 0 Å². The van der Waals surface area contributed by atoms with Gasteiger partial charge in [0.25, 0.3) is 0 Å². The number of aliphatic hydroxyl groups is 1. The van der Waals surface area contributed by atoms with Gasteiger partial charge in [0.05, 0.1) is 12.7 Å². The molecule has 0 saturated heterocycles. The molecule has 6 atom stereocenters. The van der Waals surface area contributed by atoms with Crippen LogP contribution in [0, 0.1) is 17.3 Å². The first-order valence-electron chi connectivity index (χ1n) is 11.1. The summed E-state index contributed by atoms with van der Waals surface area (Å²) in [6, 6.07) is 6.70. The summed E-state index contributed by atoms with van der Waals surface area (Å²) in [6.07, 6.45) is 8.94. The van der Waals surface area contributed by atoms with Crippen molar-refractivity contribution in [1.29, 1.82) is 0 Å². The van der Waals surface area contributed by atoms with Gasteiger partial charge in [-0.05, 0) is 98.3 Å². The Kier molecular flexibility index (Phi) is 5.53. The third-order valence-corrected chi connectivity index (χ3v) is 7.80. The third-order valence-electron chi connectivity index (χ3n) is 7.80. The molecule has 2 fully saturated rings. The van der Waals surface area contributed by atoms with E-state index in [9.17, 15) is 5.11 Å². The maximum absolute atomic E-state index is 10.5. The molecule has 0 heterocycles. The van der Waals surface area contributed by atoms with Crippen LogP contribution in [0.4, 0.5) is 0 Å². The zero-order valence-corrected chi connectivity index (χ0v) is 17.2. The minimum absolute atomic E-state index is 0.0881. The van der Waals surface area contributed by atoms with Crippen LogP contribution < -0.4 is 4.74 Å². The van der Waals surface area contributed by atoms with Crippen LogP contribution in [0.5, 0.6) is 5.75 Å². The summed E-state index contributed by atoms with van der Waals surface area (Å²) in [4.78, 5) is 0. The predicted octanol–water partition coefficient (Wildman–Crippen LogP) is 5.45. The summed E-state index contributed by atoms with van der Waals surface area (Å²) in [5.41, 5.74) is 3.17. The minimum atomic E-state index is -0.193. The zero-order chi connectivity index (χ0) is 19.0. The molecule has 3 aliphatic carbocycles. The topological polar surface area (TPSA) is 38.7 Å². The van der Waals surface area contributed by atoms with E-state index >= 15 is 0 Å². The van der Waals surface area contributed by atoms with Gasteiger partial charge in [0, 0.05) is 0 Å². The van der Waals surface area contributed by atoms with Gasteiger partial charge in [0.1, 0.15) is 5.75 Å². The number of aliphatic hydroxyl groups excluding tert-OH is 1. The summed E-state index contributed by atoms with van der Waals surface area (Å²) in [7, 11) is 0. The molecule has 6 unspecified atom stereocenters. The van der Waals surface area contributed by atoms with Crippen molar-refractivity contribution in [3.05, 3.63) is 29.3 Å². The number of ether oxygens (including phenoxy) is 2.